The van der Waals surface area contributed by atoms with Gasteiger partial charge < -0.3 is 0 Å². The van der Waals surface area contributed by atoms with E-state index in [1.165, 1.54) is 5.56 Å². The third kappa shape index (κ3) is 2.54. The van der Waals surface area contributed by atoms with Gasteiger partial charge >= 0.3 is 23.5 Å². The molecule has 0 radical (unpaired) electrons. The van der Waals surface area contributed by atoms with Crippen LogP contribution >= 0.6 is 0 Å². The number of anilines is 2. The maximum absolute atomic E-state index is 14.0. The molecule has 2 atom stereocenters. The first-order valence-electron chi connectivity index (χ1n) is 10.4. The van der Waals surface area contributed by atoms with Crippen LogP contribution in [0, 0.1) is 6.92 Å². The van der Waals surface area contributed by atoms with Gasteiger partial charge in [0.15, 0.2) is 0 Å². The number of hydrogen-bond donors (Lipinski definition) is 5. The van der Waals surface area contributed by atoms with Gasteiger partial charge in [-0.1, -0.05) is 36.8 Å². The van der Waals surface area contributed by atoms with Gasteiger partial charge in [0.2, 0.25) is 0 Å². The van der Waals surface area contributed by atoms with Crippen molar-refractivity contribution in [2.24, 2.45) is 5.73 Å². The predicted molar refractivity (Wildman–Crippen MR) is 117 cm³/mol. The maximum Gasteiger partial charge on any atom is 0.361 e. The van der Waals surface area contributed by atoms with E-state index in [2.05, 4.69) is 60.4 Å². The van der Waals surface area contributed by atoms with E-state index < -0.39 is 5.66 Å². The number of carbonyl (C=O) groups is 1. The summed E-state index contributed by atoms with van der Waals surface area (Å²) in [4.78, 5) is 22.6. The molecule has 2 aromatic carbocycles. The van der Waals surface area contributed by atoms with E-state index in [1.54, 1.807) is 0 Å². The van der Waals surface area contributed by atoms with E-state index in [4.69, 9.17) is 5.73 Å². The molecule has 0 saturated heterocycles. The van der Waals surface area contributed by atoms with Gasteiger partial charge in [0.1, 0.15) is 0 Å². The number of guanidine groups is 2. The number of amides is 1. The highest BCUT2D eigenvalue weighted by molar-refractivity contribution is 6.10. The molecule has 0 bridgehead atoms. The van der Waals surface area contributed by atoms with Gasteiger partial charge in [-0.05, 0) is 56.9 Å². The lowest BCUT2D eigenvalue weighted by Gasteiger charge is -2.43. The number of aryl methyl sites for hydroxylation is 1. The molecule has 5 rings (SSSR count). The molecule has 0 aromatic heterocycles. The lowest BCUT2D eigenvalue weighted by atomic mass is 9.79. The number of para-hydroxylation sites is 1. The summed E-state index contributed by atoms with van der Waals surface area (Å²) >= 11 is 0. The Bertz CT molecular complexity index is 1120. The van der Waals surface area contributed by atoms with Crippen molar-refractivity contribution < 1.29 is 14.8 Å². The summed E-state index contributed by atoms with van der Waals surface area (Å²) in [5.41, 5.74) is 9.94. The van der Waals surface area contributed by atoms with Crippen molar-refractivity contribution >= 4 is 29.2 Å². The van der Waals surface area contributed by atoms with Crippen LogP contribution in [0.5, 0.6) is 0 Å². The Labute approximate surface area is 176 Å². The smallest absolute Gasteiger partial charge is 0.299 e. The maximum atomic E-state index is 14.0. The monoisotopic (exact) mass is 404 g/mol. The van der Waals surface area contributed by atoms with Gasteiger partial charge in [0.05, 0.1) is 16.9 Å². The molecule has 3 heterocycles. The first kappa shape index (κ1) is 18.7. The minimum atomic E-state index is -1.16. The van der Waals surface area contributed by atoms with Crippen molar-refractivity contribution in [2.75, 3.05) is 10.2 Å². The van der Waals surface area contributed by atoms with Gasteiger partial charge in [0.25, 0.3) is 0 Å². The molecule has 7 heteroatoms. The molecule has 7 nitrogen and oxygen atoms in total. The van der Waals surface area contributed by atoms with Crippen LogP contribution < -0.4 is 31.3 Å². The van der Waals surface area contributed by atoms with Gasteiger partial charge in [-0.2, -0.15) is 5.32 Å². The summed E-state index contributed by atoms with van der Waals surface area (Å²) in [5.74, 6) is 1.20. The molecule has 0 aliphatic carbocycles. The van der Waals surface area contributed by atoms with Crippen molar-refractivity contribution in [3.8, 4) is 0 Å². The van der Waals surface area contributed by atoms with Gasteiger partial charge in [-0.25, -0.2) is 15.3 Å². The minimum absolute atomic E-state index is 0.0435. The number of benzene rings is 2. The third-order valence-electron chi connectivity index (χ3n) is 6.31. The molecule has 3 aliphatic heterocycles. The second-order valence-corrected chi connectivity index (χ2v) is 9.21. The highest BCUT2D eigenvalue weighted by Gasteiger charge is 2.61. The molecular formula is C23H28N6O+2. The molecule has 0 unspecified atom stereocenters. The first-order valence-corrected chi connectivity index (χ1v) is 10.4. The predicted octanol–water partition coefficient (Wildman–Crippen LogP) is -0.673. The Morgan fingerprint density at radius 3 is 2.67 bits per heavy atom. The summed E-state index contributed by atoms with van der Waals surface area (Å²) in [6.07, 6.45) is 0.904. The number of nitrogens with one attached hydrogen (secondary N) is 4. The molecule has 1 spiro atoms. The molecule has 0 fully saturated rings. The number of carbonyl (C=O) groups excluding carboxylic acids is 1. The Kier molecular flexibility index (Phi) is 3.78. The van der Waals surface area contributed by atoms with Crippen LogP contribution in [0.2, 0.25) is 0 Å². The van der Waals surface area contributed by atoms with E-state index in [9.17, 15) is 4.79 Å². The largest absolute Gasteiger partial charge is 0.361 e. The third-order valence-corrected chi connectivity index (χ3v) is 6.31. The Morgan fingerprint density at radius 2 is 1.93 bits per heavy atom. The minimum Gasteiger partial charge on any atom is -0.299 e. The van der Waals surface area contributed by atoms with Crippen molar-refractivity contribution in [1.82, 2.24) is 5.32 Å². The number of nitrogens with zero attached hydrogens (tertiary/aromatic N) is 1. The molecule has 2 aromatic rings. The fourth-order valence-electron chi connectivity index (χ4n) is 5.22. The highest BCUT2D eigenvalue weighted by Crippen LogP contribution is 2.50. The summed E-state index contributed by atoms with van der Waals surface area (Å²) in [6.45, 7) is 8.58. The van der Waals surface area contributed by atoms with Crippen LogP contribution in [0.4, 0.5) is 11.4 Å². The zero-order valence-electron chi connectivity index (χ0n) is 17.8. The fourth-order valence-corrected chi connectivity index (χ4v) is 5.22. The van der Waals surface area contributed by atoms with Crippen LogP contribution in [0.15, 0.2) is 42.5 Å². The number of rotatable bonds is 1. The molecular weight excluding hydrogens is 376 g/mol. The molecule has 1 amide bonds. The van der Waals surface area contributed by atoms with E-state index in [-0.39, 0.29) is 11.4 Å². The Morgan fingerprint density at radius 1 is 1.20 bits per heavy atom. The summed E-state index contributed by atoms with van der Waals surface area (Å²) in [6, 6.07) is 14.1. The lowest BCUT2D eigenvalue weighted by molar-refractivity contribution is -0.789. The van der Waals surface area contributed by atoms with Crippen LogP contribution in [-0.4, -0.2) is 23.4 Å². The molecule has 6 N–H and O–H groups in total. The standard InChI is InChI=1S/C23H26N6O/c1-13-10-16-14(2)12-22(3,4)29-18(16)17(11-13)23(19(29)30)27-20(24)26-21(28-23)25-15-8-6-5-7-9-15/h5-11,14H,12H2,1-4H3,(H4,24,25,26,27,28)/p+2/t14-,23-/m1/s1. The first-order chi connectivity index (χ1) is 14.2. The zero-order chi connectivity index (χ0) is 21.3. The van der Waals surface area contributed by atoms with Crippen LogP contribution in [0.3, 0.4) is 0 Å². The Hall–Kier alpha value is -3.35. The van der Waals surface area contributed by atoms with Gasteiger partial charge in [-0.15, -0.1) is 0 Å². The SMILES string of the molecule is Cc1cc2c3c(c1)[C@]1([NH+]=C(N)NC(Nc4ccccc4)=[NH+]1)C(=O)N3C(C)(C)C[C@H]2C. The molecule has 30 heavy (non-hydrogen) atoms. The van der Waals surface area contributed by atoms with Crippen molar-refractivity contribution in [1.29, 1.82) is 0 Å². The van der Waals surface area contributed by atoms with Gasteiger partial charge in [0, 0.05) is 5.54 Å². The van der Waals surface area contributed by atoms with E-state index in [0.29, 0.717) is 17.8 Å². The Balaban J connectivity index is 1.72. The van der Waals surface area contributed by atoms with Crippen LogP contribution in [0.1, 0.15) is 49.8 Å². The summed E-state index contributed by atoms with van der Waals surface area (Å²) in [5, 5.41) is 6.39. The number of hydrogen-bond acceptors (Lipinski definition) is 4. The molecule has 0 saturated carbocycles. The van der Waals surface area contributed by atoms with E-state index in [1.807, 2.05) is 35.2 Å². The second-order valence-electron chi connectivity index (χ2n) is 9.21. The average molecular weight is 405 g/mol. The number of fused-ring (bicyclic) bond motifs is 1. The van der Waals surface area contributed by atoms with Gasteiger partial charge in [-0.3, -0.25) is 15.4 Å². The van der Waals surface area contributed by atoms with Crippen LogP contribution in [-0.2, 0) is 10.5 Å². The average Bonchev–Trinajstić information content (AvgIpc) is 2.89. The normalized spacial score (nSPS) is 26.1. The van der Waals surface area contributed by atoms with Crippen molar-refractivity contribution in [2.45, 2.75) is 51.2 Å². The molecule has 154 valence electrons. The van der Waals surface area contributed by atoms with E-state index >= 15 is 0 Å². The lowest BCUT2D eigenvalue weighted by Crippen LogP contribution is -3.14. The summed E-state index contributed by atoms with van der Waals surface area (Å²) < 4.78 is 0. The topological polar surface area (TPSA) is 98.3 Å². The van der Waals surface area contributed by atoms with E-state index in [0.717, 1.165) is 28.9 Å². The van der Waals surface area contributed by atoms with Crippen molar-refractivity contribution in [3.63, 3.8) is 0 Å². The number of nitrogens with two attached hydrogens (primary N) is 1. The van der Waals surface area contributed by atoms with Crippen LogP contribution in [0.25, 0.3) is 0 Å². The second kappa shape index (κ2) is 6.08. The highest BCUT2D eigenvalue weighted by atomic mass is 16.2. The summed E-state index contributed by atoms with van der Waals surface area (Å²) in [7, 11) is 0. The fraction of sp³-hybridized carbons (Fsp3) is 0.348. The zero-order valence-corrected chi connectivity index (χ0v) is 17.8. The van der Waals surface area contributed by atoms with Crippen molar-refractivity contribution in [3.05, 3.63) is 59.2 Å². The molecule has 3 aliphatic rings. The quantitative estimate of drug-likeness (QED) is 0.435.